The van der Waals surface area contributed by atoms with Crippen molar-refractivity contribution < 1.29 is 13.5 Å². The standard InChI is InChI=1S/C11H11F2NO/c1-15-9-5-4-8(3-2-6-14)10(7-9)11(12)13/h4-5,7,11H,2-3H2,1H3. The topological polar surface area (TPSA) is 33.0 Å². The molecule has 1 aromatic rings. The zero-order valence-electron chi connectivity index (χ0n) is 8.34. The summed E-state index contributed by atoms with van der Waals surface area (Å²) in [5.41, 5.74) is 0.456. The lowest BCUT2D eigenvalue weighted by Gasteiger charge is -2.09. The average Bonchev–Trinajstić information content (AvgIpc) is 2.26. The lowest BCUT2D eigenvalue weighted by atomic mass is 10.0. The van der Waals surface area contributed by atoms with Crippen LogP contribution in [0, 0.1) is 11.3 Å². The fourth-order valence-electron chi connectivity index (χ4n) is 1.32. The van der Waals surface area contributed by atoms with Gasteiger partial charge in [-0.3, -0.25) is 0 Å². The molecule has 0 aromatic heterocycles. The number of ether oxygens (including phenoxy) is 1. The molecule has 15 heavy (non-hydrogen) atoms. The van der Waals surface area contributed by atoms with E-state index in [1.807, 2.05) is 6.07 Å². The van der Waals surface area contributed by atoms with Gasteiger partial charge in [-0.2, -0.15) is 5.26 Å². The minimum absolute atomic E-state index is 0.0513. The molecule has 0 aliphatic rings. The minimum atomic E-state index is -2.53. The molecule has 0 saturated carbocycles. The van der Waals surface area contributed by atoms with E-state index in [9.17, 15) is 8.78 Å². The molecule has 1 aromatic carbocycles. The van der Waals surface area contributed by atoms with Crippen molar-refractivity contribution in [3.8, 4) is 11.8 Å². The van der Waals surface area contributed by atoms with E-state index in [1.54, 1.807) is 12.1 Å². The van der Waals surface area contributed by atoms with Crippen LogP contribution >= 0.6 is 0 Å². The smallest absolute Gasteiger partial charge is 0.264 e. The maximum absolute atomic E-state index is 12.6. The second-order valence-corrected chi connectivity index (χ2v) is 3.02. The Morgan fingerprint density at radius 2 is 2.20 bits per heavy atom. The Hall–Kier alpha value is -1.63. The van der Waals surface area contributed by atoms with Gasteiger partial charge in [0, 0.05) is 12.0 Å². The molecule has 4 heteroatoms. The number of aryl methyl sites for hydroxylation is 1. The number of nitriles is 1. The Labute approximate surface area is 87.1 Å². The Morgan fingerprint density at radius 3 is 2.73 bits per heavy atom. The van der Waals surface area contributed by atoms with Crippen LogP contribution in [0.15, 0.2) is 18.2 Å². The van der Waals surface area contributed by atoms with Gasteiger partial charge in [-0.1, -0.05) is 6.07 Å². The van der Waals surface area contributed by atoms with Gasteiger partial charge in [-0.15, -0.1) is 0 Å². The van der Waals surface area contributed by atoms with Gasteiger partial charge in [0.05, 0.1) is 13.2 Å². The zero-order valence-corrected chi connectivity index (χ0v) is 8.34. The van der Waals surface area contributed by atoms with Gasteiger partial charge in [0.2, 0.25) is 0 Å². The molecule has 0 unspecified atom stereocenters. The third kappa shape index (κ3) is 2.91. The van der Waals surface area contributed by atoms with Gasteiger partial charge in [0.1, 0.15) is 5.75 Å². The van der Waals surface area contributed by atoms with E-state index >= 15 is 0 Å². The van der Waals surface area contributed by atoms with E-state index in [0.29, 0.717) is 17.7 Å². The van der Waals surface area contributed by atoms with E-state index in [2.05, 4.69) is 0 Å². The first-order valence-electron chi connectivity index (χ1n) is 4.51. The van der Waals surface area contributed by atoms with Crippen molar-refractivity contribution in [2.45, 2.75) is 19.3 Å². The molecule has 0 spiro atoms. The lowest BCUT2D eigenvalue weighted by Crippen LogP contribution is -1.96. The molecule has 80 valence electrons. The van der Waals surface area contributed by atoms with Crippen molar-refractivity contribution in [1.82, 2.24) is 0 Å². The summed E-state index contributed by atoms with van der Waals surface area (Å²) in [6.45, 7) is 0. The Balaban J connectivity index is 2.99. The molecule has 0 aliphatic carbocycles. The van der Waals surface area contributed by atoms with Crippen LogP contribution in [0.25, 0.3) is 0 Å². The molecule has 0 aliphatic heterocycles. The summed E-state index contributed by atoms with van der Waals surface area (Å²) in [5.74, 6) is 0.408. The summed E-state index contributed by atoms with van der Waals surface area (Å²) in [6, 6.07) is 6.46. The molecule has 0 amide bonds. The molecule has 0 fully saturated rings. The molecule has 0 N–H and O–H groups in total. The summed E-state index contributed by atoms with van der Waals surface area (Å²) < 4.78 is 30.1. The van der Waals surface area contributed by atoms with Crippen molar-refractivity contribution in [1.29, 1.82) is 5.26 Å². The first-order chi connectivity index (χ1) is 7.19. The van der Waals surface area contributed by atoms with E-state index in [4.69, 9.17) is 10.00 Å². The van der Waals surface area contributed by atoms with E-state index < -0.39 is 6.43 Å². The second kappa shape index (κ2) is 5.30. The van der Waals surface area contributed by atoms with Crippen molar-refractivity contribution in [2.75, 3.05) is 7.11 Å². The van der Waals surface area contributed by atoms with Gasteiger partial charge in [-0.25, -0.2) is 8.78 Å². The number of methoxy groups -OCH3 is 1. The Morgan fingerprint density at radius 1 is 1.47 bits per heavy atom. The minimum Gasteiger partial charge on any atom is -0.497 e. The SMILES string of the molecule is COc1ccc(CCC#N)c(C(F)F)c1. The summed E-state index contributed by atoms with van der Waals surface area (Å²) >= 11 is 0. The maximum Gasteiger partial charge on any atom is 0.264 e. The van der Waals surface area contributed by atoms with Gasteiger partial charge in [0.25, 0.3) is 6.43 Å². The molecular weight excluding hydrogens is 200 g/mol. The monoisotopic (exact) mass is 211 g/mol. The number of benzene rings is 1. The summed E-state index contributed by atoms with van der Waals surface area (Å²) in [4.78, 5) is 0. The predicted molar refractivity (Wildman–Crippen MR) is 51.9 cm³/mol. The van der Waals surface area contributed by atoms with Crippen LogP contribution in [0.3, 0.4) is 0 Å². The van der Waals surface area contributed by atoms with E-state index in [0.717, 1.165) is 0 Å². The van der Waals surface area contributed by atoms with Crippen molar-refractivity contribution in [3.05, 3.63) is 29.3 Å². The Kier molecular flexibility index (Phi) is 4.04. The number of hydrogen-bond donors (Lipinski definition) is 0. The quantitative estimate of drug-likeness (QED) is 0.766. The second-order valence-electron chi connectivity index (χ2n) is 3.02. The molecule has 0 radical (unpaired) electrons. The van der Waals surface area contributed by atoms with Gasteiger partial charge >= 0.3 is 0 Å². The normalized spacial score (nSPS) is 10.1. The van der Waals surface area contributed by atoms with Crippen LogP contribution in [0.4, 0.5) is 8.78 Å². The fraction of sp³-hybridized carbons (Fsp3) is 0.364. The van der Waals surface area contributed by atoms with Gasteiger partial charge < -0.3 is 4.74 Å². The third-order valence-electron chi connectivity index (χ3n) is 2.09. The van der Waals surface area contributed by atoms with Crippen molar-refractivity contribution >= 4 is 0 Å². The molecular formula is C11H11F2NO. The largest absolute Gasteiger partial charge is 0.497 e. The van der Waals surface area contributed by atoms with Crippen LogP contribution in [-0.4, -0.2) is 7.11 Å². The summed E-state index contributed by atoms with van der Waals surface area (Å²) in [7, 11) is 1.43. The number of halogens is 2. The number of hydrogen-bond acceptors (Lipinski definition) is 2. The molecule has 0 atom stereocenters. The first kappa shape index (κ1) is 11.4. The van der Waals surface area contributed by atoms with Gasteiger partial charge in [-0.05, 0) is 24.1 Å². The predicted octanol–water partition coefficient (Wildman–Crippen LogP) is 3.09. The number of nitrogens with zero attached hydrogens (tertiary/aromatic N) is 1. The highest BCUT2D eigenvalue weighted by molar-refractivity contribution is 5.36. The van der Waals surface area contributed by atoms with Crippen LogP contribution in [0.5, 0.6) is 5.75 Å². The number of alkyl halides is 2. The highest BCUT2D eigenvalue weighted by Crippen LogP contribution is 2.27. The molecule has 0 heterocycles. The zero-order chi connectivity index (χ0) is 11.3. The third-order valence-corrected chi connectivity index (χ3v) is 2.09. The highest BCUT2D eigenvalue weighted by Gasteiger charge is 2.13. The van der Waals surface area contributed by atoms with Gasteiger partial charge in [0.15, 0.2) is 0 Å². The van der Waals surface area contributed by atoms with E-state index in [-0.39, 0.29) is 12.0 Å². The van der Waals surface area contributed by atoms with Crippen LogP contribution < -0.4 is 4.74 Å². The molecule has 2 nitrogen and oxygen atoms in total. The summed E-state index contributed by atoms with van der Waals surface area (Å²) in [6.07, 6.45) is -1.94. The number of rotatable bonds is 4. The van der Waals surface area contributed by atoms with Crippen molar-refractivity contribution in [2.24, 2.45) is 0 Å². The van der Waals surface area contributed by atoms with E-state index in [1.165, 1.54) is 13.2 Å². The average molecular weight is 211 g/mol. The maximum atomic E-state index is 12.6. The summed E-state index contributed by atoms with van der Waals surface area (Å²) in [5, 5.41) is 8.40. The van der Waals surface area contributed by atoms with Crippen molar-refractivity contribution in [3.63, 3.8) is 0 Å². The molecule has 0 bridgehead atoms. The van der Waals surface area contributed by atoms with Crippen LogP contribution in [0.1, 0.15) is 24.0 Å². The highest BCUT2D eigenvalue weighted by atomic mass is 19.3. The van der Waals surface area contributed by atoms with Crippen LogP contribution in [0.2, 0.25) is 0 Å². The molecule has 0 saturated heterocycles. The first-order valence-corrected chi connectivity index (χ1v) is 4.51. The molecule has 1 rings (SSSR count). The lowest BCUT2D eigenvalue weighted by molar-refractivity contribution is 0.150. The Bertz CT molecular complexity index is 371. The van der Waals surface area contributed by atoms with Crippen LogP contribution in [-0.2, 0) is 6.42 Å². The fourth-order valence-corrected chi connectivity index (χ4v) is 1.32.